The van der Waals surface area contributed by atoms with Gasteiger partial charge in [-0.05, 0) is 80.9 Å². The van der Waals surface area contributed by atoms with Gasteiger partial charge >= 0.3 is 5.97 Å². The van der Waals surface area contributed by atoms with Crippen molar-refractivity contribution in [1.82, 2.24) is 0 Å². The van der Waals surface area contributed by atoms with E-state index in [1.807, 2.05) is 6.92 Å². The summed E-state index contributed by atoms with van der Waals surface area (Å²) in [6, 6.07) is 4.92. The van der Waals surface area contributed by atoms with E-state index in [1.54, 1.807) is 18.2 Å². The number of carboxylic acid groups (broad SMARTS) is 1. The zero-order valence-corrected chi connectivity index (χ0v) is 13.5. The van der Waals surface area contributed by atoms with Gasteiger partial charge in [0.1, 0.15) is 0 Å². The fourth-order valence-electron chi connectivity index (χ4n) is 5.53. The molecule has 1 amide bonds. The van der Waals surface area contributed by atoms with Crippen LogP contribution in [0.15, 0.2) is 18.2 Å². The first kappa shape index (κ1) is 14.7. The van der Waals surface area contributed by atoms with Gasteiger partial charge in [0, 0.05) is 5.69 Å². The van der Waals surface area contributed by atoms with Gasteiger partial charge in [-0.3, -0.25) is 4.79 Å². The molecule has 0 atom stereocenters. The highest BCUT2D eigenvalue weighted by atomic mass is 16.4. The van der Waals surface area contributed by atoms with Crippen molar-refractivity contribution in [3.8, 4) is 0 Å². The zero-order valence-electron chi connectivity index (χ0n) is 13.5. The molecule has 4 aliphatic rings. The van der Waals surface area contributed by atoms with Crippen LogP contribution < -0.4 is 5.32 Å². The molecule has 1 aromatic carbocycles. The maximum atomic E-state index is 13.0. The number of amides is 1. The largest absolute Gasteiger partial charge is 0.478 e. The van der Waals surface area contributed by atoms with Crippen LogP contribution in [0.25, 0.3) is 0 Å². The molecule has 2 N–H and O–H groups in total. The SMILES string of the molecule is Cc1ccc(C(=O)O)cc1NC(=O)C12CC3CC(CC(C3)C1)C2. The Hall–Kier alpha value is -1.84. The van der Waals surface area contributed by atoms with Gasteiger partial charge in [-0.2, -0.15) is 0 Å². The fourth-order valence-corrected chi connectivity index (χ4v) is 5.53. The van der Waals surface area contributed by atoms with E-state index in [2.05, 4.69) is 5.32 Å². The summed E-state index contributed by atoms with van der Waals surface area (Å²) in [4.78, 5) is 24.2. The van der Waals surface area contributed by atoms with Crippen LogP contribution in [-0.4, -0.2) is 17.0 Å². The number of aryl methyl sites for hydroxylation is 1. The number of hydrogen-bond donors (Lipinski definition) is 2. The minimum Gasteiger partial charge on any atom is -0.478 e. The van der Waals surface area contributed by atoms with Gasteiger partial charge in [-0.1, -0.05) is 6.07 Å². The Morgan fingerprint density at radius 3 is 2.17 bits per heavy atom. The van der Waals surface area contributed by atoms with E-state index < -0.39 is 5.97 Å². The molecule has 4 nitrogen and oxygen atoms in total. The predicted octanol–water partition coefficient (Wildman–Crippen LogP) is 3.85. The number of rotatable bonds is 3. The Balaban J connectivity index is 1.59. The molecule has 4 fully saturated rings. The minimum atomic E-state index is -0.963. The first-order chi connectivity index (χ1) is 10.9. The second-order valence-electron chi connectivity index (χ2n) is 7.99. The van der Waals surface area contributed by atoms with Crippen LogP contribution in [0, 0.1) is 30.1 Å². The number of carbonyl (C=O) groups is 2. The Morgan fingerprint density at radius 2 is 1.65 bits per heavy atom. The molecule has 0 spiro atoms. The molecule has 0 aliphatic heterocycles. The Morgan fingerprint density at radius 1 is 1.09 bits per heavy atom. The number of nitrogens with one attached hydrogen (secondary N) is 1. The summed E-state index contributed by atoms with van der Waals surface area (Å²) >= 11 is 0. The maximum absolute atomic E-state index is 13.0. The normalized spacial score (nSPS) is 34.4. The molecule has 4 saturated carbocycles. The lowest BCUT2D eigenvalue weighted by molar-refractivity contribution is -0.140. The molecule has 0 aromatic heterocycles. The van der Waals surface area contributed by atoms with Gasteiger partial charge in [0.05, 0.1) is 11.0 Å². The zero-order chi connectivity index (χ0) is 16.2. The van der Waals surface area contributed by atoms with E-state index in [4.69, 9.17) is 5.11 Å². The third-order valence-electron chi connectivity index (χ3n) is 6.25. The lowest BCUT2D eigenvalue weighted by Crippen LogP contribution is -2.51. The van der Waals surface area contributed by atoms with Gasteiger partial charge in [0.2, 0.25) is 5.91 Å². The highest BCUT2D eigenvalue weighted by molar-refractivity contribution is 5.98. The van der Waals surface area contributed by atoms with Crippen molar-refractivity contribution in [1.29, 1.82) is 0 Å². The molecule has 23 heavy (non-hydrogen) atoms. The number of hydrogen-bond acceptors (Lipinski definition) is 2. The van der Waals surface area contributed by atoms with Crippen molar-refractivity contribution in [3.63, 3.8) is 0 Å². The van der Waals surface area contributed by atoms with Gasteiger partial charge in [-0.15, -0.1) is 0 Å². The highest BCUT2D eigenvalue weighted by Crippen LogP contribution is 2.60. The molecule has 0 unspecified atom stereocenters. The molecule has 4 bridgehead atoms. The third kappa shape index (κ3) is 2.44. The Bertz CT molecular complexity index is 644. The third-order valence-corrected chi connectivity index (χ3v) is 6.25. The minimum absolute atomic E-state index is 0.113. The molecule has 0 saturated heterocycles. The van der Waals surface area contributed by atoms with Crippen LogP contribution in [0.5, 0.6) is 0 Å². The number of carbonyl (C=O) groups excluding carboxylic acids is 1. The molecule has 1 aromatic rings. The van der Waals surface area contributed by atoms with Crippen LogP contribution in [0.1, 0.15) is 54.4 Å². The number of anilines is 1. The molecule has 4 aliphatic carbocycles. The lowest BCUT2D eigenvalue weighted by atomic mass is 9.49. The summed E-state index contributed by atoms with van der Waals surface area (Å²) < 4.78 is 0. The van der Waals surface area contributed by atoms with Crippen molar-refractivity contribution >= 4 is 17.6 Å². The van der Waals surface area contributed by atoms with E-state index in [1.165, 1.54) is 19.3 Å². The summed E-state index contributed by atoms with van der Waals surface area (Å²) in [5, 5.41) is 12.2. The van der Waals surface area contributed by atoms with Crippen molar-refractivity contribution in [2.45, 2.75) is 45.4 Å². The summed E-state index contributed by atoms with van der Waals surface area (Å²) in [5.41, 5.74) is 1.57. The lowest BCUT2D eigenvalue weighted by Gasteiger charge is -2.55. The fraction of sp³-hybridized carbons (Fsp3) is 0.579. The standard InChI is InChI=1S/C19H23NO3/c1-11-2-3-15(17(21)22)7-16(11)20-18(23)19-8-12-4-13(9-19)6-14(5-12)10-19/h2-3,7,12-14H,4-6,8-10H2,1H3,(H,20,23)(H,21,22). The maximum Gasteiger partial charge on any atom is 0.335 e. The van der Waals surface area contributed by atoms with E-state index in [0.717, 1.165) is 42.6 Å². The first-order valence-electron chi connectivity index (χ1n) is 8.60. The first-order valence-corrected chi connectivity index (χ1v) is 8.60. The highest BCUT2D eigenvalue weighted by Gasteiger charge is 2.54. The Labute approximate surface area is 136 Å². The summed E-state index contributed by atoms with van der Waals surface area (Å²) in [5.74, 6) is 1.31. The molecule has 0 radical (unpaired) electrons. The number of benzene rings is 1. The second kappa shape index (κ2) is 5.08. The smallest absolute Gasteiger partial charge is 0.335 e. The molecular formula is C19H23NO3. The summed E-state index contributed by atoms with van der Waals surface area (Å²) in [7, 11) is 0. The average molecular weight is 313 g/mol. The second-order valence-corrected chi connectivity index (χ2v) is 7.99. The van der Waals surface area contributed by atoms with Crippen molar-refractivity contribution in [2.24, 2.45) is 23.2 Å². The molecule has 0 heterocycles. The van der Waals surface area contributed by atoms with E-state index >= 15 is 0 Å². The van der Waals surface area contributed by atoms with Crippen LogP contribution in [0.2, 0.25) is 0 Å². The predicted molar refractivity (Wildman–Crippen MR) is 87.4 cm³/mol. The molecule has 4 heteroatoms. The van der Waals surface area contributed by atoms with Gasteiger partial charge < -0.3 is 10.4 Å². The van der Waals surface area contributed by atoms with E-state index in [-0.39, 0.29) is 16.9 Å². The monoisotopic (exact) mass is 313 g/mol. The quantitative estimate of drug-likeness (QED) is 0.890. The van der Waals surface area contributed by atoms with Crippen molar-refractivity contribution in [2.75, 3.05) is 5.32 Å². The average Bonchev–Trinajstić information content (AvgIpc) is 2.47. The molecule has 5 rings (SSSR count). The van der Waals surface area contributed by atoms with Gasteiger partial charge in [0.25, 0.3) is 0 Å². The van der Waals surface area contributed by atoms with Crippen LogP contribution in [0.3, 0.4) is 0 Å². The topological polar surface area (TPSA) is 66.4 Å². The van der Waals surface area contributed by atoms with Crippen molar-refractivity contribution < 1.29 is 14.7 Å². The summed E-state index contributed by atoms with van der Waals surface area (Å²) in [6.07, 6.45) is 6.97. The van der Waals surface area contributed by atoms with Gasteiger partial charge in [0.15, 0.2) is 0 Å². The number of carboxylic acids is 1. The molecular weight excluding hydrogens is 290 g/mol. The van der Waals surface area contributed by atoms with E-state index in [0.29, 0.717) is 5.69 Å². The number of aromatic carboxylic acids is 1. The van der Waals surface area contributed by atoms with Gasteiger partial charge in [-0.25, -0.2) is 4.79 Å². The van der Waals surface area contributed by atoms with E-state index in [9.17, 15) is 9.59 Å². The van der Waals surface area contributed by atoms with Crippen molar-refractivity contribution in [3.05, 3.63) is 29.3 Å². The Kier molecular flexibility index (Phi) is 3.26. The van der Waals surface area contributed by atoms with Crippen LogP contribution >= 0.6 is 0 Å². The summed E-state index contributed by atoms with van der Waals surface area (Å²) in [6.45, 7) is 1.90. The van der Waals surface area contributed by atoms with Crippen LogP contribution in [-0.2, 0) is 4.79 Å². The van der Waals surface area contributed by atoms with Crippen LogP contribution in [0.4, 0.5) is 5.69 Å². The molecule has 122 valence electrons.